The highest BCUT2D eigenvalue weighted by Crippen LogP contribution is 2.18. The van der Waals surface area contributed by atoms with Gasteiger partial charge in [0.15, 0.2) is 0 Å². The molecule has 0 saturated heterocycles. The van der Waals surface area contributed by atoms with Gasteiger partial charge >= 0.3 is 0 Å². The number of hydrogen-bond donors (Lipinski definition) is 2. The van der Waals surface area contributed by atoms with Gasteiger partial charge in [-0.15, -0.1) is 12.4 Å². The van der Waals surface area contributed by atoms with Gasteiger partial charge in [-0.1, -0.05) is 6.07 Å². The molecular formula is C8H11BrClFN2. The van der Waals surface area contributed by atoms with E-state index in [4.69, 9.17) is 11.5 Å². The van der Waals surface area contributed by atoms with Crippen LogP contribution in [0.15, 0.2) is 22.7 Å². The van der Waals surface area contributed by atoms with Gasteiger partial charge in [-0.05, 0) is 33.6 Å². The van der Waals surface area contributed by atoms with E-state index in [2.05, 4.69) is 15.9 Å². The van der Waals surface area contributed by atoms with Crippen LogP contribution in [0.1, 0.15) is 11.6 Å². The molecule has 0 bridgehead atoms. The minimum Gasteiger partial charge on any atom is -0.329 e. The molecule has 1 aromatic carbocycles. The molecule has 4 N–H and O–H groups in total. The maximum Gasteiger partial charge on any atom is 0.137 e. The van der Waals surface area contributed by atoms with E-state index in [9.17, 15) is 4.39 Å². The topological polar surface area (TPSA) is 52.0 Å². The van der Waals surface area contributed by atoms with Crippen LogP contribution in [0.5, 0.6) is 0 Å². The summed E-state index contributed by atoms with van der Waals surface area (Å²) < 4.78 is 13.4. The van der Waals surface area contributed by atoms with Crippen LogP contribution in [-0.2, 0) is 0 Å². The van der Waals surface area contributed by atoms with Crippen LogP contribution >= 0.6 is 28.3 Å². The second kappa shape index (κ2) is 5.54. The van der Waals surface area contributed by atoms with Gasteiger partial charge in [0, 0.05) is 12.6 Å². The normalized spacial score (nSPS) is 12.0. The third-order valence-corrected chi connectivity index (χ3v) is 2.27. The quantitative estimate of drug-likeness (QED) is 0.862. The molecule has 1 atom stereocenters. The highest BCUT2D eigenvalue weighted by atomic mass is 79.9. The third-order valence-electron chi connectivity index (χ3n) is 1.63. The average Bonchev–Trinajstić information content (AvgIpc) is 2.08. The van der Waals surface area contributed by atoms with E-state index in [0.717, 1.165) is 5.56 Å². The van der Waals surface area contributed by atoms with Gasteiger partial charge in [0.05, 0.1) is 4.47 Å². The summed E-state index contributed by atoms with van der Waals surface area (Å²) in [7, 11) is 0. The van der Waals surface area contributed by atoms with Crippen molar-refractivity contribution >= 4 is 28.3 Å². The van der Waals surface area contributed by atoms with Crippen molar-refractivity contribution in [3.63, 3.8) is 0 Å². The van der Waals surface area contributed by atoms with Gasteiger partial charge in [-0.2, -0.15) is 0 Å². The maximum absolute atomic E-state index is 12.9. The molecular weight excluding hydrogens is 258 g/mol. The fourth-order valence-corrected chi connectivity index (χ4v) is 1.13. The molecule has 0 aliphatic carbocycles. The van der Waals surface area contributed by atoms with E-state index >= 15 is 0 Å². The van der Waals surface area contributed by atoms with Crippen molar-refractivity contribution in [1.82, 2.24) is 0 Å². The molecule has 1 rings (SSSR count). The summed E-state index contributed by atoms with van der Waals surface area (Å²) in [5.41, 5.74) is 11.7. The van der Waals surface area contributed by atoms with Crippen molar-refractivity contribution in [1.29, 1.82) is 0 Å². The van der Waals surface area contributed by atoms with Crippen LogP contribution in [0.25, 0.3) is 0 Å². The molecule has 0 heterocycles. The summed E-state index contributed by atoms with van der Waals surface area (Å²) in [5.74, 6) is -0.309. The average molecular weight is 270 g/mol. The van der Waals surface area contributed by atoms with Crippen LogP contribution in [0.2, 0.25) is 0 Å². The Bertz CT molecular complexity index is 283. The van der Waals surface area contributed by atoms with Crippen molar-refractivity contribution in [2.45, 2.75) is 6.04 Å². The van der Waals surface area contributed by atoms with Gasteiger partial charge < -0.3 is 11.5 Å². The summed E-state index contributed by atoms with van der Waals surface area (Å²) in [6.45, 7) is 0.321. The fourth-order valence-electron chi connectivity index (χ4n) is 0.879. The Morgan fingerprint density at radius 2 is 2.08 bits per heavy atom. The van der Waals surface area contributed by atoms with Gasteiger partial charge in [0.25, 0.3) is 0 Å². The van der Waals surface area contributed by atoms with Crippen molar-refractivity contribution in [3.05, 3.63) is 34.1 Å². The molecule has 13 heavy (non-hydrogen) atoms. The predicted molar refractivity (Wildman–Crippen MR) is 57.3 cm³/mol. The Kier molecular flexibility index (Phi) is 5.48. The number of benzene rings is 1. The predicted octanol–water partition coefficient (Wildman–Crippen LogP) is 1.97. The molecule has 0 radical (unpaired) electrons. The zero-order valence-corrected chi connectivity index (χ0v) is 9.24. The third kappa shape index (κ3) is 3.23. The van der Waals surface area contributed by atoms with Crippen molar-refractivity contribution in [3.8, 4) is 0 Å². The Hall–Kier alpha value is -0.160. The van der Waals surface area contributed by atoms with Crippen LogP contribution in [0.3, 0.4) is 0 Å². The zero-order chi connectivity index (χ0) is 9.14. The van der Waals surface area contributed by atoms with E-state index in [1.54, 1.807) is 12.1 Å². The highest BCUT2D eigenvalue weighted by molar-refractivity contribution is 9.10. The monoisotopic (exact) mass is 268 g/mol. The molecule has 0 aliphatic rings. The standard InChI is InChI=1S/C8H10BrFN2.ClH/c9-6-2-1-5(3-7(6)10)8(12)4-11;/h1-3,8H,4,11-12H2;1H/t8-;/m0./s1. The molecule has 0 unspecified atom stereocenters. The molecule has 74 valence electrons. The molecule has 0 fully saturated rings. The summed E-state index contributed by atoms with van der Waals surface area (Å²) in [6.07, 6.45) is 0. The van der Waals surface area contributed by atoms with Crippen molar-refractivity contribution < 1.29 is 4.39 Å². The van der Waals surface area contributed by atoms with Crippen molar-refractivity contribution in [2.24, 2.45) is 11.5 Å². The Morgan fingerprint density at radius 1 is 1.46 bits per heavy atom. The van der Waals surface area contributed by atoms with Gasteiger partial charge in [0.1, 0.15) is 5.82 Å². The maximum atomic E-state index is 12.9. The van der Waals surface area contributed by atoms with E-state index < -0.39 is 0 Å². The zero-order valence-electron chi connectivity index (χ0n) is 6.84. The molecule has 0 aromatic heterocycles. The Balaban J connectivity index is 0.00000144. The minimum absolute atomic E-state index is 0. The highest BCUT2D eigenvalue weighted by Gasteiger charge is 2.06. The molecule has 5 heteroatoms. The minimum atomic E-state index is -0.309. The first-order valence-electron chi connectivity index (χ1n) is 3.55. The lowest BCUT2D eigenvalue weighted by molar-refractivity contribution is 0.613. The smallest absolute Gasteiger partial charge is 0.137 e. The first-order valence-corrected chi connectivity index (χ1v) is 4.35. The summed E-state index contributed by atoms with van der Waals surface area (Å²) in [6, 6.07) is 4.49. The molecule has 1 aromatic rings. The Morgan fingerprint density at radius 3 is 2.54 bits per heavy atom. The summed E-state index contributed by atoms with van der Waals surface area (Å²) in [4.78, 5) is 0. The number of nitrogens with two attached hydrogens (primary N) is 2. The van der Waals surface area contributed by atoms with Crippen LogP contribution in [0.4, 0.5) is 4.39 Å². The fraction of sp³-hybridized carbons (Fsp3) is 0.250. The van der Waals surface area contributed by atoms with E-state index in [0.29, 0.717) is 11.0 Å². The number of rotatable bonds is 2. The second-order valence-electron chi connectivity index (χ2n) is 2.52. The van der Waals surface area contributed by atoms with Crippen molar-refractivity contribution in [2.75, 3.05) is 6.54 Å². The first-order chi connectivity index (χ1) is 5.65. The SMILES string of the molecule is Cl.NC[C@H](N)c1ccc(Br)c(F)c1. The van der Waals surface area contributed by atoms with Crippen LogP contribution in [0, 0.1) is 5.82 Å². The van der Waals surface area contributed by atoms with Gasteiger partial charge in [0.2, 0.25) is 0 Å². The van der Waals surface area contributed by atoms with E-state index in [1.807, 2.05) is 0 Å². The van der Waals surface area contributed by atoms with Gasteiger partial charge in [-0.3, -0.25) is 0 Å². The molecule has 2 nitrogen and oxygen atoms in total. The first kappa shape index (κ1) is 12.8. The molecule has 0 saturated carbocycles. The lowest BCUT2D eigenvalue weighted by atomic mass is 10.1. The van der Waals surface area contributed by atoms with E-state index in [-0.39, 0.29) is 24.3 Å². The lowest BCUT2D eigenvalue weighted by Crippen LogP contribution is -2.20. The lowest BCUT2D eigenvalue weighted by Gasteiger charge is -2.08. The largest absolute Gasteiger partial charge is 0.329 e. The summed E-state index contributed by atoms with van der Waals surface area (Å²) in [5, 5.41) is 0. The second-order valence-corrected chi connectivity index (χ2v) is 3.37. The molecule has 0 amide bonds. The van der Waals surface area contributed by atoms with Crippen LogP contribution < -0.4 is 11.5 Å². The summed E-state index contributed by atoms with van der Waals surface area (Å²) >= 11 is 3.05. The Labute approximate surface area is 91.0 Å². The molecule has 0 aliphatic heterocycles. The van der Waals surface area contributed by atoms with E-state index in [1.165, 1.54) is 6.07 Å². The molecule has 0 spiro atoms. The van der Waals surface area contributed by atoms with Crippen LogP contribution in [-0.4, -0.2) is 6.54 Å². The number of hydrogen-bond acceptors (Lipinski definition) is 2. The van der Waals surface area contributed by atoms with Gasteiger partial charge in [-0.25, -0.2) is 4.39 Å². The number of halogens is 3.